The number of furan rings is 1. The number of rotatable bonds is 6. The average molecular weight is 281 g/mol. The van der Waals surface area contributed by atoms with Crippen molar-refractivity contribution in [3.8, 4) is 0 Å². The molecule has 3 rings (SSSR count). The Kier molecular flexibility index (Phi) is 4.34. The van der Waals surface area contributed by atoms with Crippen LogP contribution in [-0.2, 0) is 13.0 Å². The number of nitrogens with one attached hydrogen (secondary N) is 1. The largest absolute Gasteiger partial charge is 0.464 e. The van der Waals surface area contributed by atoms with Crippen LogP contribution in [0.4, 0.5) is 0 Å². The van der Waals surface area contributed by atoms with Crippen LogP contribution in [0.1, 0.15) is 11.1 Å². The summed E-state index contributed by atoms with van der Waals surface area (Å²) in [6, 6.07) is 18.2. The Hall–Kier alpha value is -2.10. The summed E-state index contributed by atoms with van der Waals surface area (Å²) in [4.78, 5) is 0. The Balaban J connectivity index is 1.65. The fourth-order valence-electron chi connectivity index (χ4n) is 2.52. The van der Waals surface area contributed by atoms with E-state index in [1.54, 1.807) is 6.26 Å². The second-order valence-corrected chi connectivity index (χ2v) is 5.21. The van der Waals surface area contributed by atoms with Gasteiger partial charge in [0.1, 0.15) is 5.58 Å². The number of fused-ring (bicyclic) bond motifs is 1. The zero-order valence-corrected chi connectivity index (χ0v) is 11.8. The van der Waals surface area contributed by atoms with Crippen LogP contribution in [0.3, 0.4) is 0 Å². The molecular formula is C18H19NO2. The highest BCUT2D eigenvalue weighted by Gasteiger charge is 2.10. The van der Waals surface area contributed by atoms with E-state index in [0.717, 1.165) is 23.0 Å². The third-order valence-corrected chi connectivity index (χ3v) is 3.69. The van der Waals surface area contributed by atoms with Gasteiger partial charge in [-0.15, -0.1) is 0 Å². The monoisotopic (exact) mass is 281 g/mol. The highest BCUT2D eigenvalue weighted by molar-refractivity contribution is 5.80. The first-order chi connectivity index (χ1) is 10.4. The van der Waals surface area contributed by atoms with Gasteiger partial charge in [0.15, 0.2) is 0 Å². The molecule has 0 aliphatic carbocycles. The zero-order chi connectivity index (χ0) is 14.5. The van der Waals surface area contributed by atoms with E-state index in [1.807, 2.05) is 36.4 Å². The van der Waals surface area contributed by atoms with Gasteiger partial charge in [-0.05, 0) is 18.1 Å². The maximum absolute atomic E-state index is 9.54. The quantitative estimate of drug-likeness (QED) is 0.729. The second-order valence-electron chi connectivity index (χ2n) is 5.21. The lowest BCUT2D eigenvalue weighted by molar-refractivity contribution is 0.241. The summed E-state index contributed by atoms with van der Waals surface area (Å²) in [5.74, 6) is 0. The number of aliphatic hydroxyl groups excluding tert-OH is 1. The van der Waals surface area contributed by atoms with Crippen LogP contribution in [0.15, 0.2) is 65.3 Å². The van der Waals surface area contributed by atoms with E-state index in [0.29, 0.717) is 6.54 Å². The maximum atomic E-state index is 9.54. The molecule has 0 fully saturated rings. The Morgan fingerprint density at radius 2 is 1.76 bits per heavy atom. The van der Waals surface area contributed by atoms with Crippen molar-refractivity contribution in [3.05, 3.63) is 72.0 Å². The van der Waals surface area contributed by atoms with Gasteiger partial charge in [0.05, 0.1) is 12.9 Å². The predicted molar refractivity (Wildman–Crippen MR) is 84.1 cm³/mol. The van der Waals surface area contributed by atoms with Crippen LogP contribution in [0, 0.1) is 0 Å². The van der Waals surface area contributed by atoms with Crippen LogP contribution < -0.4 is 5.32 Å². The van der Waals surface area contributed by atoms with Crippen LogP contribution in [0.25, 0.3) is 11.0 Å². The van der Waals surface area contributed by atoms with Gasteiger partial charge in [-0.1, -0.05) is 48.5 Å². The summed E-state index contributed by atoms with van der Waals surface area (Å²) in [6.45, 7) is 0.805. The van der Waals surface area contributed by atoms with E-state index in [4.69, 9.17) is 4.42 Å². The summed E-state index contributed by atoms with van der Waals surface area (Å²) in [5, 5.41) is 14.1. The molecular weight excluding hydrogens is 262 g/mol. The number of aliphatic hydroxyl groups is 1. The van der Waals surface area contributed by atoms with E-state index in [1.165, 1.54) is 5.56 Å². The Bertz CT molecular complexity index is 691. The van der Waals surface area contributed by atoms with E-state index in [-0.39, 0.29) is 12.6 Å². The predicted octanol–water partition coefficient (Wildman–Crippen LogP) is 3.13. The van der Waals surface area contributed by atoms with E-state index in [9.17, 15) is 5.11 Å². The van der Waals surface area contributed by atoms with Crippen molar-refractivity contribution >= 4 is 11.0 Å². The standard InChI is InChI=1S/C18H19NO2/c20-12-16(10-14-6-2-1-3-7-14)19-11-15-13-21-18-9-5-4-8-17(15)18/h1-9,13,16,19-20H,10-12H2/t16-/m1/s1. The minimum Gasteiger partial charge on any atom is -0.464 e. The minimum atomic E-state index is 0.0427. The molecule has 0 radical (unpaired) electrons. The number of benzene rings is 2. The zero-order valence-electron chi connectivity index (χ0n) is 11.8. The topological polar surface area (TPSA) is 45.4 Å². The van der Waals surface area contributed by atoms with Gasteiger partial charge in [-0.25, -0.2) is 0 Å². The van der Waals surface area contributed by atoms with Gasteiger partial charge in [0.2, 0.25) is 0 Å². The summed E-state index contributed by atoms with van der Waals surface area (Å²) < 4.78 is 5.53. The molecule has 0 bridgehead atoms. The van der Waals surface area contributed by atoms with E-state index in [2.05, 4.69) is 23.5 Å². The smallest absolute Gasteiger partial charge is 0.134 e. The van der Waals surface area contributed by atoms with Gasteiger partial charge in [-0.3, -0.25) is 0 Å². The molecule has 0 aliphatic heterocycles. The van der Waals surface area contributed by atoms with Crippen molar-refractivity contribution in [2.75, 3.05) is 6.61 Å². The van der Waals surface area contributed by atoms with Crippen molar-refractivity contribution in [1.29, 1.82) is 0 Å². The van der Waals surface area contributed by atoms with Crippen LogP contribution >= 0.6 is 0 Å². The Morgan fingerprint density at radius 1 is 1.00 bits per heavy atom. The molecule has 1 atom stereocenters. The van der Waals surface area contributed by atoms with Crippen LogP contribution in [0.5, 0.6) is 0 Å². The Morgan fingerprint density at radius 3 is 2.57 bits per heavy atom. The first-order valence-electron chi connectivity index (χ1n) is 7.20. The molecule has 0 saturated carbocycles. The van der Waals surface area contributed by atoms with Crippen molar-refractivity contribution in [1.82, 2.24) is 5.32 Å². The molecule has 3 aromatic rings. The summed E-state index contributed by atoms with van der Waals surface area (Å²) in [5.41, 5.74) is 3.25. The third-order valence-electron chi connectivity index (χ3n) is 3.69. The fourth-order valence-corrected chi connectivity index (χ4v) is 2.52. The first kappa shape index (κ1) is 13.9. The molecule has 21 heavy (non-hydrogen) atoms. The summed E-state index contributed by atoms with van der Waals surface area (Å²) in [7, 11) is 0. The van der Waals surface area contributed by atoms with Crippen LogP contribution in [-0.4, -0.2) is 17.8 Å². The lowest BCUT2D eigenvalue weighted by Crippen LogP contribution is -2.33. The highest BCUT2D eigenvalue weighted by atomic mass is 16.3. The lowest BCUT2D eigenvalue weighted by Gasteiger charge is -2.16. The van der Waals surface area contributed by atoms with Gasteiger partial charge >= 0.3 is 0 Å². The molecule has 1 aromatic heterocycles. The van der Waals surface area contributed by atoms with Gasteiger partial charge < -0.3 is 14.8 Å². The molecule has 1 heterocycles. The normalized spacial score (nSPS) is 12.6. The second kappa shape index (κ2) is 6.57. The average Bonchev–Trinajstić information content (AvgIpc) is 2.96. The molecule has 2 N–H and O–H groups in total. The third kappa shape index (κ3) is 3.32. The first-order valence-corrected chi connectivity index (χ1v) is 7.20. The van der Waals surface area contributed by atoms with E-state index < -0.39 is 0 Å². The Labute approximate surface area is 124 Å². The van der Waals surface area contributed by atoms with Gasteiger partial charge in [-0.2, -0.15) is 0 Å². The molecule has 0 aliphatic rings. The molecule has 0 spiro atoms. The van der Waals surface area contributed by atoms with Crippen molar-refractivity contribution in [2.24, 2.45) is 0 Å². The minimum absolute atomic E-state index is 0.0427. The fraction of sp³-hybridized carbons (Fsp3) is 0.222. The van der Waals surface area contributed by atoms with Gasteiger partial charge in [0.25, 0.3) is 0 Å². The summed E-state index contributed by atoms with van der Waals surface area (Å²) in [6.07, 6.45) is 2.60. The maximum Gasteiger partial charge on any atom is 0.134 e. The molecule has 3 heteroatoms. The molecule has 2 aromatic carbocycles. The molecule has 0 amide bonds. The number of para-hydroxylation sites is 1. The number of hydrogen-bond donors (Lipinski definition) is 2. The lowest BCUT2D eigenvalue weighted by atomic mass is 10.1. The SMILES string of the molecule is OC[C@@H](Cc1ccccc1)NCc1coc2ccccc12. The van der Waals surface area contributed by atoms with Crippen molar-refractivity contribution < 1.29 is 9.52 Å². The molecule has 3 nitrogen and oxygen atoms in total. The van der Waals surface area contributed by atoms with E-state index >= 15 is 0 Å². The number of hydrogen-bond acceptors (Lipinski definition) is 3. The van der Waals surface area contributed by atoms with Crippen molar-refractivity contribution in [2.45, 2.75) is 19.0 Å². The van der Waals surface area contributed by atoms with Gasteiger partial charge in [0, 0.05) is 23.5 Å². The van der Waals surface area contributed by atoms with Crippen molar-refractivity contribution in [3.63, 3.8) is 0 Å². The highest BCUT2D eigenvalue weighted by Crippen LogP contribution is 2.20. The molecule has 108 valence electrons. The summed E-state index contributed by atoms with van der Waals surface area (Å²) >= 11 is 0. The molecule has 0 unspecified atom stereocenters. The van der Waals surface area contributed by atoms with Crippen LogP contribution in [0.2, 0.25) is 0 Å². The molecule has 0 saturated heterocycles.